The van der Waals surface area contributed by atoms with Gasteiger partial charge in [-0.25, -0.2) is 4.79 Å². The maximum absolute atomic E-state index is 12.2. The molecule has 10 heteroatoms. The Morgan fingerprint density at radius 3 is 1.88 bits per heavy atom. The molecule has 0 bridgehead atoms. The normalized spacial score (nSPS) is 16.9. The van der Waals surface area contributed by atoms with Gasteiger partial charge in [-0.05, 0) is 6.42 Å². The fraction of sp³-hybridized carbons (Fsp3) is 0.833. The molecule has 0 saturated heterocycles. The minimum absolute atomic E-state index is 0.749. The standard InChI is InChI=1S/C6H7F6NO2S/c7-5(8,9)4(13,3(14)15)1-2-16-6(10,11)12/h1-2,13H2,(H,14,15). The smallest absolute Gasteiger partial charge is 0.441 e. The molecular weight excluding hydrogens is 264 g/mol. The van der Waals surface area contributed by atoms with Crippen LogP contribution in [0.15, 0.2) is 0 Å². The van der Waals surface area contributed by atoms with Crippen LogP contribution >= 0.6 is 11.8 Å². The second-order valence-electron chi connectivity index (χ2n) is 2.82. The van der Waals surface area contributed by atoms with Crippen molar-refractivity contribution in [2.75, 3.05) is 5.75 Å². The van der Waals surface area contributed by atoms with Crippen LogP contribution in [0.1, 0.15) is 6.42 Å². The van der Waals surface area contributed by atoms with E-state index in [0.29, 0.717) is 0 Å². The number of alkyl halides is 6. The minimum atomic E-state index is -5.30. The maximum Gasteiger partial charge on any atom is 0.441 e. The number of carboxylic acids is 1. The zero-order valence-corrected chi connectivity index (χ0v) is 8.34. The van der Waals surface area contributed by atoms with E-state index in [1.54, 1.807) is 0 Å². The lowest BCUT2D eigenvalue weighted by Gasteiger charge is -2.27. The Kier molecular flexibility index (Phi) is 4.51. The van der Waals surface area contributed by atoms with Crippen molar-refractivity contribution in [1.29, 1.82) is 0 Å². The number of rotatable bonds is 4. The van der Waals surface area contributed by atoms with Gasteiger partial charge in [-0.15, -0.1) is 0 Å². The van der Waals surface area contributed by atoms with E-state index >= 15 is 0 Å². The fourth-order valence-corrected chi connectivity index (χ4v) is 1.35. The summed E-state index contributed by atoms with van der Waals surface area (Å²) in [5, 5.41) is 8.26. The Labute approximate surface area is 90.0 Å². The predicted molar refractivity (Wildman–Crippen MR) is 43.7 cm³/mol. The molecular formula is C6H7F6NO2S. The van der Waals surface area contributed by atoms with Crippen LogP contribution in [0.2, 0.25) is 0 Å². The van der Waals surface area contributed by atoms with Crippen molar-refractivity contribution in [2.24, 2.45) is 5.73 Å². The van der Waals surface area contributed by atoms with Gasteiger partial charge in [0.15, 0.2) is 0 Å². The number of hydrogen-bond acceptors (Lipinski definition) is 3. The molecule has 3 nitrogen and oxygen atoms in total. The fourth-order valence-electron chi connectivity index (χ4n) is 0.698. The van der Waals surface area contributed by atoms with Gasteiger partial charge in [-0.3, -0.25) is 0 Å². The lowest BCUT2D eigenvalue weighted by molar-refractivity contribution is -0.202. The Bertz CT molecular complexity index is 265. The van der Waals surface area contributed by atoms with E-state index in [1.165, 1.54) is 0 Å². The monoisotopic (exact) mass is 271 g/mol. The SMILES string of the molecule is NC(CCSC(F)(F)F)(C(=O)O)C(F)(F)F. The van der Waals surface area contributed by atoms with E-state index in [1.807, 2.05) is 0 Å². The number of aliphatic carboxylic acids is 1. The number of thioether (sulfide) groups is 1. The van der Waals surface area contributed by atoms with E-state index in [9.17, 15) is 31.1 Å². The van der Waals surface area contributed by atoms with Gasteiger partial charge >= 0.3 is 17.7 Å². The molecule has 0 rings (SSSR count). The highest BCUT2D eigenvalue weighted by Crippen LogP contribution is 2.36. The molecule has 96 valence electrons. The van der Waals surface area contributed by atoms with Crippen LogP contribution in [-0.4, -0.2) is 34.1 Å². The topological polar surface area (TPSA) is 63.3 Å². The van der Waals surface area contributed by atoms with Crippen LogP contribution in [0.5, 0.6) is 0 Å². The van der Waals surface area contributed by atoms with Crippen LogP contribution in [0.3, 0.4) is 0 Å². The molecule has 0 fully saturated rings. The summed E-state index contributed by atoms with van der Waals surface area (Å²) in [6, 6.07) is 0. The Hall–Kier alpha value is -0.640. The van der Waals surface area contributed by atoms with Crippen LogP contribution in [0.4, 0.5) is 26.3 Å². The molecule has 1 atom stereocenters. The lowest BCUT2D eigenvalue weighted by Crippen LogP contribution is -2.60. The van der Waals surface area contributed by atoms with Crippen molar-refractivity contribution in [3.05, 3.63) is 0 Å². The number of halogens is 6. The van der Waals surface area contributed by atoms with Crippen molar-refractivity contribution in [1.82, 2.24) is 0 Å². The summed E-state index contributed by atoms with van der Waals surface area (Å²) in [7, 11) is 0. The molecule has 0 heterocycles. The van der Waals surface area contributed by atoms with Gasteiger partial charge in [-0.2, -0.15) is 26.3 Å². The van der Waals surface area contributed by atoms with Crippen LogP contribution < -0.4 is 5.73 Å². The minimum Gasteiger partial charge on any atom is -0.480 e. The first kappa shape index (κ1) is 15.4. The molecule has 0 saturated carbocycles. The van der Waals surface area contributed by atoms with Crippen LogP contribution in [-0.2, 0) is 4.79 Å². The first-order valence-electron chi connectivity index (χ1n) is 3.70. The largest absolute Gasteiger partial charge is 0.480 e. The third-order valence-corrected chi connectivity index (χ3v) is 2.39. The van der Waals surface area contributed by atoms with Gasteiger partial charge in [0.05, 0.1) is 0 Å². The van der Waals surface area contributed by atoms with E-state index in [4.69, 9.17) is 5.11 Å². The molecule has 0 aromatic heterocycles. The number of carbonyl (C=O) groups is 1. The summed E-state index contributed by atoms with van der Waals surface area (Å²) in [6.07, 6.45) is -6.65. The van der Waals surface area contributed by atoms with Crippen molar-refractivity contribution >= 4 is 17.7 Å². The van der Waals surface area contributed by atoms with E-state index in [2.05, 4.69) is 5.73 Å². The summed E-state index contributed by atoms with van der Waals surface area (Å²) in [4.78, 5) is 10.3. The van der Waals surface area contributed by atoms with Gasteiger partial charge in [0.1, 0.15) is 0 Å². The lowest BCUT2D eigenvalue weighted by atomic mass is 9.97. The quantitative estimate of drug-likeness (QED) is 0.767. The van der Waals surface area contributed by atoms with Crippen molar-refractivity contribution in [2.45, 2.75) is 23.6 Å². The van der Waals surface area contributed by atoms with Crippen LogP contribution in [0.25, 0.3) is 0 Å². The number of nitrogens with two attached hydrogens (primary N) is 1. The molecule has 0 spiro atoms. The van der Waals surface area contributed by atoms with Crippen molar-refractivity contribution in [3.8, 4) is 0 Å². The molecule has 1 unspecified atom stereocenters. The Balaban J connectivity index is 4.55. The first-order valence-corrected chi connectivity index (χ1v) is 4.68. The molecule has 0 aromatic carbocycles. The van der Waals surface area contributed by atoms with Crippen molar-refractivity contribution in [3.63, 3.8) is 0 Å². The second-order valence-corrected chi connectivity index (χ2v) is 3.98. The molecule has 0 aliphatic rings. The average molecular weight is 271 g/mol. The van der Waals surface area contributed by atoms with Gasteiger partial charge < -0.3 is 10.8 Å². The zero-order valence-electron chi connectivity index (χ0n) is 7.52. The molecule has 3 N–H and O–H groups in total. The Morgan fingerprint density at radius 2 is 1.62 bits per heavy atom. The highest BCUT2D eigenvalue weighted by molar-refractivity contribution is 8.00. The van der Waals surface area contributed by atoms with Crippen LogP contribution in [0, 0.1) is 0 Å². The van der Waals surface area contributed by atoms with Gasteiger partial charge in [0, 0.05) is 5.75 Å². The van der Waals surface area contributed by atoms with Crippen molar-refractivity contribution < 1.29 is 36.2 Å². The third-order valence-electron chi connectivity index (χ3n) is 1.65. The zero-order chi connectivity index (χ0) is 13.2. The highest BCUT2D eigenvalue weighted by Gasteiger charge is 2.57. The molecule has 0 aromatic rings. The maximum atomic E-state index is 12.2. The molecule has 0 aliphatic carbocycles. The summed E-state index contributed by atoms with van der Waals surface area (Å²) in [6.45, 7) is 0. The van der Waals surface area contributed by atoms with E-state index < -0.39 is 47.1 Å². The summed E-state index contributed by atoms with van der Waals surface area (Å²) >= 11 is -0.749. The molecule has 16 heavy (non-hydrogen) atoms. The third kappa shape index (κ3) is 4.08. The van der Waals surface area contributed by atoms with Gasteiger partial charge in [0.2, 0.25) is 5.54 Å². The van der Waals surface area contributed by atoms with E-state index in [0.717, 1.165) is 0 Å². The molecule has 0 amide bonds. The summed E-state index contributed by atoms with van der Waals surface area (Å²) < 4.78 is 71.4. The summed E-state index contributed by atoms with van der Waals surface area (Å²) in [5.41, 5.74) is -3.82. The van der Waals surface area contributed by atoms with Gasteiger partial charge in [0.25, 0.3) is 0 Å². The van der Waals surface area contributed by atoms with E-state index in [-0.39, 0.29) is 0 Å². The summed E-state index contributed by atoms with van der Waals surface area (Å²) in [5.74, 6) is -3.48. The average Bonchev–Trinajstić information content (AvgIpc) is 1.98. The highest BCUT2D eigenvalue weighted by atomic mass is 32.2. The molecule has 0 radical (unpaired) electrons. The number of hydrogen-bond donors (Lipinski definition) is 2. The first-order chi connectivity index (χ1) is 6.90. The van der Waals surface area contributed by atoms with Gasteiger partial charge in [-0.1, -0.05) is 11.8 Å². The molecule has 0 aliphatic heterocycles. The second kappa shape index (κ2) is 4.70. The Morgan fingerprint density at radius 1 is 1.19 bits per heavy atom. The number of carboxylic acid groups (broad SMARTS) is 1. The predicted octanol–water partition coefficient (Wildman–Crippen LogP) is 1.97.